The van der Waals surface area contributed by atoms with Crippen molar-refractivity contribution >= 4 is 5.96 Å². The van der Waals surface area contributed by atoms with Crippen LogP contribution in [-0.2, 0) is 0 Å². The molecule has 0 aromatic carbocycles. The average molecular weight is 240 g/mol. The van der Waals surface area contributed by atoms with Gasteiger partial charge in [-0.3, -0.25) is 4.99 Å². The van der Waals surface area contributed by atoms with Crippen molar-refractivity contribution in [2.75, 3.05) is 39.3 Å². The van der Waals surface area contributed by atoms with E-state index in [1.54, 1.807) is 0 Å². The third-order valence-electron chi connectivity index (χ3n) is 3.42. The molecular weight excluding hydrogens is 212 g/mol. The SMILES string of the molecule is CCN(CC)C(N)=NCC(C)CN1CCCC1. The Hall–Kier alpha value is -0.770. The Kier molecular flexibility index (Phi) is 6.34. The lowest BCUT2D eigenvalue weighted by Crippen LogP contribution is -2.37. The minimum absolute atomic E-state index is 0.599. The predicted molar refractivity (Wildman–Crippen MR) is 74.2 cm³/mol. The monoisotopic (exact) mass is 240 g/mol. The zero-order valence-corrected chi connectivity index (χ0v) is 11.7. The van der Waals surface area contributed by atoms with Crippen molar-refractivity contribution in [3.05, 3.63) is 0 Å². The minimum Gasteiger partial charge on any atom is -0.370 e. The van der Waals surface area contributed by atoms with Gasteiger partial charge in [-0.15, -0.1) is 0 Å². The second kappa shape index (κ2) is 7.54. The van der Waals surface area contributed by atoms with Crippen molar-refractivity contribution in [1.82, 2.24) is 9.80 Å². The van der Waals surface area contributed by atoms with Crippen LogP contribution in [0.15, 0.2) is 4.99 Å². The molecule has 0 aromatic heterocycles. The maximum atomic E-state index is 5.96. The van der Waals surface area contributed by atoms with Crippen molar-refractivity contribution in [2.24, 2.45) is 16.6 Å². The van der Waals surface area contributed by atoms with Gasteiger partial charge in [0.1, 0.15) is 0 Å². The van der Waals surface area contributed by atoms with E-state index in [1.165, 1.54) is 25.9 Å². The van der Waals surface area contributed by atoms with E-state index in [-0.39, 0.29) is 0 Å². The van der Waals surface area contributed by atoms with Crippen LogP contribution in [0.3, 0.4) is 0 Å². The van der Waals surface area contributed by atoms with Crippen LogP contribution in [0.4, 0.5) is 0 Å². The maximum absolute atomic E-state index is 5.96. The molecule has 4 heteroatoms. The van der Waals surface area contributed by atoms with Gasteiger partial charge in [-0.05, 0) is 45.7 Å². The number of nitrogens with two attached hydrogens (primary N) is 1. The molecule has 2 N–H and O–H groups in total. The molecule has 0 radical (unpaired) electrons. The fourth-order valence-corrected chi connectivity index (χ4v) is 2.36. The van der Waals surface area contributed by atoms with Gasteiger partial charge in [0.2, 0.25) is 0 Å². The summed E-state index contributed by atoms with van der Waals surface area (Å²) in [6, 6.07) is 0. The second-order valence-electron chi connectivity index (χ2n) is 4.98. The highest BCUT2D eigenvalue weighted by molar-refractivity contribution is 5.77. The normalized spacial score (nSPS) is 19.6. The Morgan fingerprint density at radius 1 is 1.29 bits per heavy atom. The lowest BCUT2D eigenvalue weighted by atomic mass is 10.2. The lowest BCUT2D eigenvalue weighted by Gasteiger charge is -2.21. The molecule has 0 aromatic rings. The molecule has 1 saturated heterocycles. The van der Waals surface area contributed by atoms with E-state index in [0.717, 1.165) is 26.2 Å². The number of guanidine groups is 1. The summed E-state index contributed by atoms with van der Waals surface area (Å²) in [7, 11) is 0. The van der Waals surface area contributed by atoms with Crippen molar-refractivity contribution in [2.45, 2.75) is 33.6 Å². The van der Waals surface area contributed by atoms with E-state index in [4.69, 9.17) is 5.73 Å². The second-order valence-corrected chi connectivity index (χ2v) is 4.98. The first-order chi connectivity index (χ1) is 8.17. The largest absolute Gasteiger partial charge is 0.370 e. The summed E-state index contributed by atoms with van der Waals surface area (Å²) in [6.45, 7) is 12.9. The lowest BCUT2D eigenvalue weighted by molar-refractivity contribution is 0.291. The van der Waals surface area contributed by atoms with Gasteiger partial charge in [-0.25, -0.2) is 0 Å². The van der Waals surface area contributed by atoms with E-state index in [1.807, 2.05) is 0 Å². The highest BCUT2D eigenvalue weighted by atomic mass is 15.2. The van der Waals surface area contributed by atoms with Crippen LogP contribution in [-0.4, -0.2) is 55.0 Å². The van der Waals surface area contributed by atoms with Crippen molar-refractivity contribution < 1.29 is 0 Å². The molecule has 0 amide bonds. The summed E-state index contributed by atoms with van der Waals surface area (Å²) >= 11 is 0. The smallest absolute Gasteiger partial charge is 0.191 e. The molecule has 1 rings (SSSR count). The highest BCUT2D eigenvalue weighted by Gasteiger charge is 2.14. The summed E-state index contributed by atoms with van der Waals surface area (Å²) in [5.74, 6) is 1.30. The van der Waals surface area contributed by atoms with Gasteiger partial charge in [0.15, 0.2) is 5.96 Å². The molecule has 1 fully saturated rings. The van der Waals surface area contributed by atoms with Crippen molar-refractivity contribution in [1.29, 1.82) is 0 Å². The molecule has 0 bridgehead atoms. The molecule has 100 valence electrons. The first kappa shape index (κ1) is 14.3. The van der Waals surface area contributed by atoms with Crippen LogP contribution in [0, 0.1) is 5.92 Å². The minimum atomic E-state index is 0.599. The van der Waals surface area contributed by atoms with Gasteiger partial charge in [0, 0.05) is 26.2 Å². The van der Waals surface area contributed by atoms with Crippen LogP contribution in [0.2, 0.25) is 0 Å². The molecule has 1 heterocycles. The Bertz CT molecular complexity index is 230. The Morgan fingerprint density at radius 2 is 1.88 bits per heavy atom. The summed E-state index contributed by atoms with van der Waals surface area (Å²) in [6.07, 6.45) is 2.72. The van der Waals surface area contributed by atoms with Gasteiger partial charge < -0.3 is 15.5 Å². The third-order valence-corrected chi connectivity index (χ3v) is 3.42. The van der Waals surface area contributed by atoms with E-state index in [2.05, 4.69) is 35.6 Å². The average Bonchev–Trinajstić information content (AvgIpc) is 2.81. The molecular formula is C13H28N4. The van der Waals surface area contributed by atoms with Gasteiger partial charge in [0.05, 0.1) is 0 Å². The van der Waals surface area contributed by atoms with Crippen LogP contribution in [0.5, 0.6) is 0 Å². The van der Waals surface area contributed by atoms with Crippen molar-refractivity contribution in [3.8, 4) is 0 Å². The van der Waals surface area contributed by atoms with Crippen LogP contribution >= 0.6 is 0 Å². The first-order valence-corrected chi connectivity index (χ1v) is 6.94. The van der Waals surface area contributed by atoms with E-state index in [0.29, 0.717) is 11.9 Å². The van der Waals surface area contributed by atoms with Gasteiger partial charge >= 0.3 is 0 Å². The van der Waals surface area contributed by atoms with Gasteiger partial charge in [-0.1, -0.05) is 6.92 Å². The third kappa shape index (κ3) is 4.94. The zero-order chi connectivity index (χ0) is 12.7. The van der Waals surface area contributed by atoms with Crippen LogP contribution in [0.1, 0.15) is 33.6 Å². The Morgan fingerprint density at radius 3 is 2.41 bits per heavy atom. The standard InChI is InChI=1S/C13H28N4/c1-4-17(5-2)13(14)15-10-12(3)11-16-8-6-7-9-16/h12H,4-11H2,1-3H3,(H2,14,15). The molecule has 1 aliphatic rings. The number of hydrogen-bond donors (Lipinski definition) is 1. The molecule has 1 atom stereocenters. The fraction of sp³-hybridized carbons (Fsp3) is 0.923. The quantitative estimate of drug-likeness (QED) is 0.563. The number of rotatable bonds is 6. The molecule has 0 spiro atoms. The fourth-order valence-electron chi connectivity index (χ4n) is 2.36. The number of likely N-dealkylation sites (tertiary alicyclic amines) is 1. The Labute approximate surface area is 106 Å². The molecule has 4 nitrogen and oxygen atoms in total. The summed E-state index contributed by atoms with van der Waals surface area (Å²) < 4.78 is 0. The number of hydrogen-bond acceptors (Lipinski definition) is 2. The summed E-state index contributed by atoms with van der Waals surface area (Å²) in [5.41, 5.74) is 5.96. The summed E-state index contributed by atoms with van der Waals surface area (Å²) in [4.78, 5) is 9.14. The van der Waals surface area contributed by atoms with Gasteiger partial charge in [0.25, 0.3) is 0 Å². The van der Waals surface area contributed by atoms with Crippen LogP contribution in [0.25, 0.3) is 0 Å². The molecule has 1 aliphatic heterocycles. The predicted octanol–water partition coefficient (Wildman–Crippen LogP) is 1.37. The highest BCUT2D eigenvalue weighted by Crippen LogP contribution is 2.10. The van der Waals surface area contributed by atoms with E-state index in [9.17, 15) is 0 Å². The Balaban J connectivity index is 2.29. The summed E-state index contributed by atoms with van der Waals surface area (Å²) in [5, 5.41) is 0. The van der Waals surface area contributed by atoms with Crippen molar-refractivity contribution in [3.63, 3.8) is 0 Å². The van der Waals surface area contributed by atoms with E-state index >= 15 is 0 Å². The number of nitrogens with zero attached hydrogens (tertiary/aromatic N) is 3. The molecule has 0 saturated carbocycles. The molecule has 1 unspecified atom stereocenters. The van der Waals surface area contributed by atoms with Gasteiger partial charge in [-0.2, -0.15) is 0 Å². The molecule has 0 aliphatic carbocycles. The molecule has 17 heavy (non-hydrogen) atoms. The van der Waals surface area contributed by atoms with E-state index < -0.39 is 0 Å². The first-order valence-electron chi connectivity index (χ1n) is 6.94. The number of aliphatic imine (C=N–C) groups is 1. The maximum Gasteiger partial charge on any atom is 0.191 e. The topological polar surface area (TPSA) is 44.9 Å². The van der Waals surface area contributed by atoms with Crippen LogP contribution < -0.4 is 5.73 Å². The zero-order valence-electron chi connectivity index (χ0n) is 11.7.